The van der Waals surface area contributed by atoms with Gasteiger partial charge in [0.1, 0.15) is 0 Å². The van der Waals surface area contributed by atoms with Gasteiger partial charge in [-0.15, -0.1) is 0 Å². The molecule has 0 fully saturated rings. The highest BCUT2D eigenvalue weighted by Crippen LogP contribution is 2.24. The predicted octanol–water partition coefficient (Wildman–Crippen LogP) is 4.07. The van der Waals surface area contributed by atoms with Crippen molar-refractivity contribution in [1.29, 1.82) is 0 Å². The highest BCUT2D eigenvalue weighted by molar-refractivity contribution is 9.10. The van der Waals surface area contributed by atoms with Gasteiger partial charge in [0, 0.05) is 17.1 Å². The van der Waals surface area contributed by atoms with Crippen molar-refractivity contribution >= 4 is 27.5 Å². The van der Waals surface area contributed by atoms with Gasteiger partial charge >= 0.3 is 0 Å². The Labute approximate surface area is 109 Å². The molecule has 2 aromatic carbocycles. The number of nitrogens with one attached hydrogen (secondary N) is 1. The fraction of sp³-hybridized carbons (Fsp3) is 0.0714. The van der Waals surface area contributed by atoms with Gasteiger partial charge in [-0.2, -0.15) is 0 Å². The number of carbonyl (C=O) groups excluding carboxylic acids is 1. The van der Waals surface area contributed by atoms with Crippen LogP contribution in [-0.4, -0.2) is 5.91 Å². The first-order valence-electron chi connectivity index (χ1n) is 5.29. The number of carbonyl (C=O) groups is 1. The SMILES string of the molecule is CC(=O)Nc1cccc(-c2ccc(Br)cc2)c1. The van der Waals surface area contributed by atoms with E-state index in [1.807, 2.05) is 48.5 Å². The van der Waals surface area contributed by atoms with Crippen LogP contribution in [0.3, 0.4) is 0 Å². The third kappa shape index (κ3) is 3.17. The fourth-order valence-electron chi connectivity index (χ4n) is 1.62. The van der Waals surface area contributed by atoms with Gasteiger partial charge in [0.15, 0.2) is 0 Å². The average molecular weight is 290 g/mol. The summed E-state index contributed by atoms with van der Waals surface area (Å²) in [6.45, 7) is 1.51. The van der Waals surface area contributed by atoms with E-state index in [0.29, 0.717) is 0 Å². The first-order chi connectivity index (χ1) is 8.15. The van der Waals surface area contributed by atoms with Crippen LogP contribution in [0.5, 0.6) is 0 Å². The molecule has 0 bridgehead atoms. The van der Waals surface area contributed by atoms with Gasteiger partial charge in [-0.05, 0) is 35.4 Å². The van der Waals surface area contributed by atoms with E-state index in [2.05, 4.69) is 21.2 Å². The lowest BCUT2D eigenvalue weighted by atomic mass is 10.1. The molecular formula is C14H12BrNO. The molecule has 3 heteroatoms. The first-order valence-corrected chi connectivity index (χ1v) is 6.08. The Bertz CT molecular complexity index is 534. The average Bonchev–Trinajstić information content (AvgIpc) is 2.29. The monoisotopic (exact) mass is 289 g/mol. The number of hydrogen-bond acceptors (Lipinski definition) is 1. The van der Waals surface area contributed by atoms with Crippen molar-refractivity contribution < 1.29 is 4.79 Å². The lowest BCUT2D eigenvalue weighted by Gasteiger charge is -2.06. The minimum atomic E-state index is -0.0574. The second-order valence-electron chi connectivity index (χ2n) is 3.77. The summed E-state index contributed by atoms with van der Waals surface area (Å²) in [5.41, 5.74) is 3.03. The molecule has 0 aliphatic carbocycles. The molecule has 0 aromatic heterocycles. The van der Waals surface area contributed by atoms with E-state index in [0.717, 1.165) is 21.3 Å². The second-order valence-corrected chi connectivity index (χ2v) is 4.68. The van der Waals surface area contributed by atoms with Gasteiger partial charge in [0.2, 0.25) is 5.91 Å². The van der Waals surface area contributed by atoms with Crippen molar-refractivity contribution in [3.8, 4) is 11.1 Å². The number of benzene rings is 2. The van der Waals surface area contributed by atoms with E-state index >= 15 is 0 Å². The van der Waals surface area contributed by atoms with Crippen LogP contribution >= 0.6 is 15.9 Å². The molecule has 0 saturated heterocycles. The Balaban J connectivity index is 2.32. The van der Waals surface area contributed by atoms with E-state index in [1.54, 1.807) is 0 Å². The summed E-state index contributed by atoms with van der Waals surface area (Å²) in [4.78, 5) is 11.0. The third-order valence-electron chi connectivity index (χ3n) is 2.36. The molecule has 2 rings (SSSR count). The van der Waals surface area contributed by atoms with Gasteiger partial charge in [-0.1, -0.05) is 40.2 Å². The zero-order valence-electron chi connectivity index (χ0n) is 9.41. The van der Waals surface area contributed by atoms with Gasteiger partial charge in [0.05, 0.1) is 0 Å². The first kappa shape index (κ1) is 11.9. The van der Waals surface area contributed by atoms with Crippen molar-refractivity contribution in [2.75, 3.05) is 5.32 Å². The minimum absolute atomic E-state index is 0.0574. The second kappa shape index (κ2) is 5.15. The van der Waals surface area contributed by atoms with Crippen molar-refractivity contribution in [2.24, 2.45) is 0 Å². The Kier molecular flexibility index (Phi) is 3.59. The summed E-state index contributed by atoms with van der Waals surface area (Å²) >= 11 is 3.41. The lowest BCUT2D eigenvalue weighted by molar-refractivity contribution is -0.114. The van der Waals surface area contributed by atoms with Crippen LogP contribution in [-0.2, 0) is 4.79 Å². The minimum Gasteiger partial charge on any atom is -0.326 e. The largest absolute Gasteiger partial charge is 0.326 e. The normalized spacial score (nSPS) is 10.0. The van der Waals surface area contributed by atoms with E-state index in [1.165, 1.54) is 6.92 Å². The highest BCUT2D eigenvalue weighted by atomic mass is 79.9. The number of hydrogen-bond donors (Lipinski definition) is 1. The quantitative estimate of drug-likeness (QED) is 0.887. The Hall–Kier alpha value is -1.61. The zero-order valence-corrected chi connectivity index (χ0v) is 11.0. The summed E-state index contributed by atoms with van der Waals surface area (Å²) in [6, 6.07) is 15.9. The van der Waals surface area contributed by atoms with Crippen LogP contribution < -0.4 is 5.32 Å². The molecule has 0 unspecified atom stereocenters. The molecule has 1 amide bonds. The molecule has 0 atom stereocenters. The van der Waals surface area contributed by atoms with E-state index < -0.39 is 0 Å². The molecule has 0 radical (unpaired) electrons. The van der Waals surface area contributed by atoms with Crippen LogP contribution in [0, 0.1) is 0 Å². The lowest BCUT2D eigenvalue weighted by Crippen LogP contribution is -2.05. The van der Waals surface area contributed by atoms with E-state index in [9.17, 15) is 4.79 Å². The molecule has 2 nitrogen and oxygen atoms in total. The molecule has 0 saturated carbocycles. The van der Waals surface area contributed by atoms with Crippen LogP contribution in [0.4, 0.5) is 5.69 Å². The number of rotatable bonds is 2. The van der Waals surface area contributed by atoms with Crippen LogP contribution in [0.1, 0.15) is 6.92 Å². The summed E-state index contributed by atoms with van der Waals surface area (Å²) in [5, 5.41) is 2.78. The Morgan fingerprint density at radius 3 is 2.41 bits per heavy atom. The topological polar surface area (TPSA) is 29.1 Å². The number of amides is 1. The maximum absolute atomic E-state index is 11.0. The highest BCUT2D eigenvalue weighted by Gasteiger charge is 2.00. The molecule has 0 aliphatic rings. The fourth-order valence-corrected chi connectivity index (χ4v) is 1.89. The molecule has 2 aromatic rings. The van der Waals surface area contributed by atoms with Crippen molar-refractivity contribution in [3.05, 3.63) is 53.0 Å². The summed E-state index contributed by atoms with van der Waals surface area (Å²) in [7, 11) is 0. The van der Waals surface area contributed by atoms with Gasteiger partial charge in [-0.3, -0.25) is 4.79 Å². The van der Waals surface area contributed by atoms with E-state index in [-0.39, 0.29) is 5.91 Å². The summed E-state index contributed by atoms with van der Waals surface area (Å²) in [5.74, 6) is -0.0574. The van der Waals surface area contributed by atoms with Gasteiger partial charge < -0.3 is 5.32 Å². The molecule has 0 spiro atoms. The number of anilines is 1. The van der Waals surface area contributed by atoms with Crippen LogP contribution in [0.2, 0.25) is 0 Å². The van der Waals surface area contributed by atoms with Crippen molar-refractivity contribution in [3.63, 3.8) is 0 Å². The maximum Gasteiger partial charge on any atom is 0.221 e. The molecular weight excluding hydrogens is 278 g/mol. The summed E-state index contributed by atoms with van der Waals surface area (Å²) in [6.07, 6.45) is 0. The molecule has 1 N–H and O–H groups in total. The van der Waals surface area contributed by atoms with Gasteiger partial charge in [-0.25, -0.2) is 0 Å². The summed E-state index contributed by atoms with van der Waals surface area (Å²) < 4.78 is 1.05. The van der Waals surface area contributed by atoms with Crippen LogP contribution in [0.15, 0.2) is 53.0 Å². The molecule has 0 heterocycles. The molecule has 17 heavy (non-hydrogen) atoms. The van der Waals surface area contributed by atoms with Crippen molar-refractivity contribution in [1.82, 2.24) is 0 Å². The third-order valence-corrected chi connectivity index (χ3v) is 2.89. The Morgan fingerprint density at radius 1 is 1.06 bits per heavy atom. The molecule has 86 valence electrons. The standard InChI is InChI=1S/C14H12BrNO/c1-10(17)16-14-4-2-3-12(9-14)11-5-7-13(15)8-6-11/h2-9H,1H3,(H,16,17). The smallest absolute Gasteiger partial charge is 0.221 e. The van der Waals surface area contributed by atoms with E-state index in [4.69, 9.17) is 0 Å². The van der Waals surface area contributed by atoms with Crippen molar-refractivity contribution in [2.45, 2.75) is 6.92 Å². The Morgan fingerprint density at radius 2 is 1.76 bits per heavy atom. The maximum atomic E-state index is 11.0. The van der Waals surface area contributed by atoms with Crippen LogP contribution in [0.25, 0.3) is 11.1 Å². The number of halogens is 1. The zero-order chi connectivity index (χ0) is 12.3. The van der Waals surface area contributed by atoms with Gasteiger partial charge in [0.25, 0.3) is 0 Å². The molecule has 0 aliphatic heterocycles. The predicted molar refractivity (Wildman–Crippen MR) is 73.9 cm³/mol.